The van der Waals surface area contributed by atoms with E-state index in [1.54, 1.807) is 11.0 Å². The fourth-order valence-corrected chi connectivity index (χ4v) is 3.22. The number of carbonyl (C=O) groups excluding carboxylic acids is 1. The van der Waals surface area contributed by atoms with Crippen LogP contribution in [0.5, 0.6) is 5.75 Å². The normalized spacial score (nSPS) is 18.0. The van der Waals surface area contributed by atoms with Gasteiger partial charge in [-0.1, -0.05) is 24.3 Å². The van der Waals surface area contributed by atoms with Crippen molar-refractivity contribution in [3.05, 3.63) is 77.5 Å². The molecule has 2 aliphatic heterocycles. The van der Waals surface area contributed by atoms with Gasteiger partial charge in [-0.05, 0) is 35.9 Å². The molecular formula is C21H21FN4O2. The van der Waals surface area contributed by atoms with Crippen LogP contribution in [0.2, 0.25) is 0 Å². The van der Waals surface area contributed by atoms with Gasteiger partial charge in [-0.2, -0.15) is 0 Å². The highest BCUT2D eigenvalue weighted by Crippen LogP contribution is 2.29. The van der Waals surface area contributed by atoms with Crippen molar-refractivity contribution in [1.29, 1.82) is 0 Å². The van der Waals surface area contributed by atoms with E-state index < -0.39 is 6.67 Å². The van der Waals surface area contributed by atoms with Crippen LogP contribution >= 0.6 is 0 Å². The summed E-state index contributed by atoms with van der Waals surface area (Å²) >= 11 is 0. The standard InChI is InChI=1S/C21H21FN4O2/c22-8-9-28-18-3-1-2-15(10-18)19-11-16-13-26(21(27)25-20(16)24-19)17-6-4-14(12-23)5-7-17/h1-7,10-11,13,20,24H,8-9,12,23H2,(H,25,27). The monoisotopic (exact) mass is 380 g/mol. The number of amides is 2. The number of fused-ring (bicyclic) bond motifs is 1. The minimum absolute atomic E-state index is 0.0255. The summed E-state index contributed by atoms with van der Waals surface area (Å²) in [5, 5.41) is 6.26. The largest absolute Gasteiger partial charge is 0.491 e. The van der Waals surface area contributed by atoms with Crippen LogP contribution in [-0.2, 0) is 6.54 Å². The highest BCUT2D eigenvalue weighted by molar-refractivity contribution is 5.96. The van der Waals surface area contributed by atoms with Crippen molar-refractivity contribution in [2.75, 3.05) is 18.2 Å². The Morgan fingerprint density at radius 3 is 2.71 bits per heavy atom. The summed E-state index contributed by atoms with van der Waals surface area (Å²) in [5.41, 5.74) is 10.1. The molecule has 0 saturated carbocycles. The second kappa shape index (κ2) is 7.74. The molecule has 0 fully saturated rings. The van der Waals surface area contributed by atoms with Crippen molar-refractivity contribution in [3.8, 4) is 5.75 Å². The lowest BCUT2D eigenvalue weighted by atomic mass is 10.1. The molecule has 7 heteroatoms. The minimum Gasteiger partial charge on any atom is -0.491 e. The molecule has 4 rings (SSSR count). The lowest BCUT2D eigenvalue weighted by Gasteiger charge is -2.29. The van der Waals surface area contributed by atoms with Crippen LogP contribution in [-0.4, -0.2) is 25.5 Å². The van der Waals surface area contributed by atoms with Gasteiger partial charge in [-0.25, -0.2) is 9.18 Å². The molecule has 4 N–H and O–H groups in total. The summed E-state index contributed by atoms with van der Waals surface area (Å²) in [6, 6.07) is 14.8. The summed E-state index contributed by atoms with van der Waals surface area (Å²) in [5.74, 6) is 0.604. The van der Waals surface area contributed by atoms with Crippen LogP contribution in [0.3, 0.4) is 0 Å². The topological polar surface area (TPSA) is 79.6 Å². The Bertz CT molecular complexity index is 940. The number of nitrogens with two attached hydrogens (primary N) is 1. The van der Waals surface area contributed by atoms with Crippen LogP contribution in [0.4, 0.5) is 14.9 Å². The maximum absolute atomic E-state index is 12.5. The Kier molecular flexibility index (Phi) is 4.99. The molecule has 6 nitrogen and oxygen atoms in total. The van der Waals surface area contributed by atoms with E-state index in [4.69, 9.17) is 10.5 Å². The summed E-state index contributed by atoms with van der Waals surface area (Å²) in [6.45, 7) is -0.0499. The molecule has 1 atom stereocenters. The van der Waals surface area contributed by atoms with Gasteiger partial charge in [0, 0.05) is 29.6 Å². The van der Waals surface area contributed by atoms with Gasteiger partial charge >= 0.3 is 6.03 Å². The van der Waals surface area contributed by atoms with Crippen LogP contribution in [0.15, 0.2) is 66.4 Å². The molecule has 2 heterocycles. The quantitative estimate of drug-likeness (QED) is 0.720. The Labute approximate surface area is 162 Å². The van der Waals surface area contributed by atoms with Crippen LogP contribution in [0.25, 0.3) is 5.70 Å². The van der Waals surface area contributed by atoms with E-state index in [0.29, 0.717) is 12.3 Å². The molecule has 0 aliphatic carbocycles. The van der Waals surface area contributed by atoms with Gasteiger partial charge in [0.15, 0.2) is 0 Å². The second-order valence-electron chi connectivity index (χ2n) is 6.52. The van der Waals surface area contributed by atoms with Crippen molar-refractivity contribution in [2.24, 2.45) is 5.73 Å². The molecule has 2 aromatic carbocycles. The fourth-order valence-electron chi connectivity index (χ4n) is 3.22. The number of hydrogen-bond acceptors (Lipinski definition) is 4. The molecule has 0 bridgehead atoms. The average molecular weight is 380 g/mol. The van der Waals surface area contributed by atoms with Crippen molar-refractivity contribution >= 4 is 17.4 Å². The molecule has 0 radical (unpaired) electrons. The first-order chi connectivity index (χ1) is 13.7. The fraction of sp³-hybridized carbons (Fsp3) is 0.190. The van der Waals surface area contributed by atoms with E-state index in [1.807, 2.05) is 54.7 Å². The van der Waals surface area contributed by atoms with Crippen molar-refractivity contribution in [3.63, 3.8) is 0 Å². The van der Waals surface area contributed by atoms with Gasteiger partial charge in [0.05, 0.1) is 5.69 Å². The highest BCUT2D eigenvalue weighted by atomic mass is 19.1. The zero-order valence-corrected chi connectivity index (χ0v) is 15.2. The van der Waals surface area contributed by atoms with Crippen molar-refractivity contribution < 1.29 is 13.9 Å². The van der Waals surface area contributed by atoms with Gasteiger partial charge in [-0.3, -0.25) is 4.90 Å². The molecule has 2 amide bonds. The van der Waals surface area contributed by atoms with Crippen LogP contribution < -0.4 is 26.0 Å². The van der Waals surface area contributed by atoms with E-state index in [1.165, 1.54) is 0 Å². The number of benzene rings is 2. The Hall–Kier alpha value is -3.32. The molecule has 28 heavy (non-hydrogen) atoms. The third-order valence-electron chi connectivity index (χ3n) is 4.65. The Balaban J connectivity index is 1.58. The number of rotatable bonds is 6. The predicted molar refractivity (Wildman–Crippen MR) is 106 cm³/mol. The summed E-state index contributed by atoms with van der Waals surface area (Å²) < 4.78 is 17.7. The minimum atomic E-state index is -0.533. The Morgan fingerprint density at radius 2 is 1.96 bits per heavy atom. The summed E-state index contributed by atoms with van der Waals surface area (Å²) in [6.07, 6.45) is 3.52. The number of anilines is 1. The van der Waals surface area contributed by atoms with E-state index in [0.717, 1.165) is 28.1 Å². The number of ether oxygens (including phenoxy) is 1. The lowest BCUT2D eigenvalue weighted by Crippen LogP contribution is -2.51. The first kappa shape index (κ1) is 18.1. The van der Waals surface area contributed by atoms with Gasteiger partial charge in [0.1, 0.15) is 25.2 Å². The number of nitrogens with zero attached hydrogens (tertiary/aromatic N) is 1. The maximum Gasteiger partial charge on any atom is 0.327 e. The van der Waals surface area contributed by atoms with E-state index >= 15 is 0 Å². The number of halogens is 1. The maximum atomic E-state index is 12.5. The third-order valence-corrected chi connectivity index (χ3v) is 4.65. The second-order valence-corrected chi connectivity index (χ2v) is 6.52. The molecule has 0 aromatic heterocycles. The summed E-state index contributed by atoms with van der Waals surface area (Å²) in [7, 11) is 0. The summed E-state index contributed by atoms with van der Waals surface area (Å²) in [4.78, 5) is 14.1. The zero-order chi connectivity index (χ0) is 19.5. The number of hydrogen-bond donors (Lipinski definition) is 3. The number of alkyl halides is 1. The zero-order valence-electron chi connectivity index (χ0n) is 15.2. The van der Waals surface area contributed by atoms with Crippen molar-refractivity contribution in [2.45, 2.75) is 12.7 Å². The first-order valence-electron chi connectivity index (χ1n) is 9.06. The molecule has 0 saturated heterocycles. The van der Waals surface area contributed by atoms with E-state index in [2.05, 4.69) is 10.6 Å². The van der Waals surface area contributed by atoms with Crippen LogP contribution in [0.1, 0.15) is 11.1 Å². The number of urea groups is 1. The van der Waals surface area contributed by atoms with Gasteiger partial charge in [0.25, 0.3) is 0 Å². The highest BCUT2D eigenvalue weighted by Gasteiger charge is 2.31. The molecule has 2 aliphatic rings. The smallest absolute Gasteiger partial charge is 0.327 e. The van der Waals surface area contributed by atoms with Gasteiger partial charge in [-0.15, -0.1) is 0 Å². The van der Waals surface area contributed by atoms with E-state index in [-0.39, 0.29) is 18.8 Å². The molecular weight excluding hydrogens is 359 g/mol. The van der Waals surface area contributed by atoms with Gasteiger partial charge < -0.3 is 21.1 Å². The molecule has 1 unspecified atom stereocenters. The SMILES string of the molecule is NCc1ccc(N2C=C3C=C(c4cccc(OCCF)c4)NC3NC2=O)cc1. The molecule has 0 spiro atoms. The third kappa shape index (κ3) is 3.57. The van der Waals surface area contributed by atoms with Gasteiger partial charge in [0.2, 0.25) is 0 Å². The number of carbonyl (C=O) groups is 1. The lowest BCUT2D eigenvalue weighted by molar-refractivity contribution is 0.244. The van der Waals surface area contributed by atoms with Crippen LogP contribution in [0, 0.1) is 0 Å². The average Bonchev–Trinajstić information content (AvgIpc) is 3.15. The van der Waals surface area contributed by atoms with Crippen molar-refractivity contribution in [1.82, 2.24) is 10.6 Å². The Morgan fingerprint density at radius 1 is 1.14 bits per heavy atom. The molecule has 144 valence electrons. The van der Waals surface area contributed by atoms with E-state index in [9.17, 15) is 9.18 Å². The molecule has 2 aromatic rings. The first-order valence-corrected chi connectivity index (χ1v) is 9.06. The predicted octanol–water partition coefficient (Wildman–Crippen LogP) is 2.88. The number of nitrogens with one attached hydrogen (secondary N) is 2.